The molecule has 2 heterocycles. The number of nitrogens with zero attached hydrogens (tertiary/aromatic N) is 5. The average molecular weight is 345 g/mol. The van der Waals surface area contributed by atoms with Crippen LogP contribution in [0.5, 0.6) is 0 Å². The van der Waals surface area contributed by atoms with Crippen molar-refractivity contribution in [3.05, 3.63) is 54.4 Å². The third-order valence-corrected chi connectivity index (χ3v) is 4.67. The van der Waals surface area contributed by atoms with Crippen LogP contribution in [0.3, 0.4) is 0 Å². The van der Waals surface area contributed by atoms with Crippen molar-refractivity contribution in [2.24, 2.45) is 4.99 Å². The number of hydrogen-bond donors (Lipinski definition) is 0. The highest BCUT2D eigenvalue weighted by molar-refractivity contribution is 5.86. The van der Waals surface area contributed by atoms with Gasteiger partial charge in [-0.3, -0.25) is 0 Å². The summed E-state index contributed by atoms with van der Waals surface area (Å²) in [5.74, 6) is 1.61. The molecule has 0 N–H and O–H groups in total. The molecule has 0 bridgehead atoms. The Balaban J connectivity index is 1.77. The van der Waals surface area contributed by atoms with Gasteiger partial charge in [0.15, 0.2) is 5.82 Å². The van der Waals surface area contributed by atoms with E-state index in [2.05, 4.69) is 41.2 Å². The molecule has 0 saturated heterocycles. The Labute approximate surface area is 153 Å². The monoisotopic (exact) mass is 345 g/mol. The average Bonchev–Trinajstić information content (AvgIpc) is 3.21. The van der Waals surface area contributed by atoms with Crippen molar-refractivity contribution >= 4 is 34.2 Å². The van der Waals surface area contributed by atoms with Gasteiger partial charge in [-0.15, -0.1) is 0 Å². The molecule has 0 fully saturated rings. The summed E-state index contributed by atoms with van der Waals surface area (Å²) >= 11 is 0. The van der Waals surface area contributed by atoms with Gasteiger partial charge >= 0.3 is 0 Å². The molecule has 0 aliphatic rings. The fraction of sp³-hybridized carbons (Fsp3) is 0.286. The SMILES string of the molecule is CCCCn1c(/N=C/c2nc3ccccc3n2CC)nc2ccccc21. The van der Waals surface area contributed by atoms with Gasteiger partial charge in [0.2, 0.25) is 5.95 Å². The molecule has 5 heteroatoms. The molecule has 2 aromatic carbocycles. The number of hydrogen-bond acceptors (Lipinski definition) is 3. The summed E-state index contributed by atoms with van der Waals surface area (Å²) in [7, 11) is 0. The lowest BCUT2D eigenvalue weighted by Gasteiger charge is -2.05. The number of aryl methyl sites for hydroxylation is 2. The van der Waals surface area contributed by atoms with Gasteiger partial charge in [0.25, 0.3) is 0 Å². The number of unbranched alkanes of at least 4 members (excludes halogenated alkanes) is 1. The predicted octanol–water partition coefficient (Wildman–Crippen LogP) is 4.96. The predicted molar refractivity (Wildman–Crippen MR) is 107 cm³/mol. The largest absolute Gasteiger partial charge is 0.323 e. The number of para-hydroxylation sites is 4. The minimum Gasteiger partial charge on any atom is -0.323 e. The van der Waals surface area contributed by atoms with Crippen molar-refractivity contribution < 1.29 is 0 Å². The molecular weight excluding hydrogens is 322 g/mol. The number of imidazole rings is 2. The topological polar surface area (TPSA) is 48.0 Å². The molecule has 0 aliphatic heterocycles. The fourth-order valence-corrected chi connectivity index (χ4v) is 3.34. The van der Waals surface area contributed by atoms with Gasteiger partial charge in [0, 0.05) is 13.1 Å². The Morgan fingerprint density at radius 3 is 2.23 bits per heavy atom. The van der Waals surface area contributed by atoms with Gasteiger partial charge in [0.1, 0.15) is 0 Å². The van der Waals surface area contributed by atoms with Gasteiger partial charge in [-0.25, -0.2) is 15.0 Å². The zero-order chi connectivity index (χ0) is 17.9. The summed E-state index contributed by atoms with van der Waals surface area (Å²) in [4.78, 5) is 14.2. The first-order valence-corrected chi connectivity index (χ1v) is 9.26. The molecule has 0 spiro atoms. The second-order valence-corrected chi connectivity index (χ2v) is 6.37. The van der Waals surface area contributed by atoms with Crippen LogP contribution in [0.4, 0.5) is 5.95 Å². The van der Waals surface area contributed by atoms with Crippen molar-refractivity contribution in [3.8, 4) is 0 Å². The van der Waals surface area contributed by atoms with Crippen molar-refractivity contribution in [3.63, 3.8) is 0 Å². The highest BCUT2D eigenvalue weighted by atomic mass is 15.2. The Hall–Kier alpha value is -2.95. The molecule has 2 aromatic heterocycles. The number of aliphatic imine (C=N–C) groups is 1. The van der Waals surface area contributed by atoms with Crippen LogP contribution in [0.2, 0.25) is 0 Å². The zero-order valence-electron chi connectivity index (χ0n) is 15.3. The Morgan fingerprint density at radius 1 is 0.885 bits per heavy atom. The minimum absolute atomic E-state index is 0.745. The lowest BCUT2D eigenvalue weighted by molar-refractivity contribution is 0.649. The van der Waals surface area contributed by atoms with Crippen LogP contribution in [-0.4, -0.2) is 25.3 Å². The first-order valence-electron chi connectivity index (χ1n) is 9.26. The van der Waals surface area contributed by atoms with Crippen molar-refractivity contribution in [2.75, 3.05) is 0 Å². The van der Waals surface area contributed by atoms with E-state index in [4.69, 9.17) is 15.0 Å². The highest BCUT2D eigenvalue weighted by Gasteiger charge is 2.10. The lowest BCUT2D eigenvalue weighted by atomic mass is 10.3. The minimum atomic E-state index is 0.745. The molecule has 4 aromatic rings. The zero-order valence-corrected chi connectivity index (χ0v) is 15.3. The van der Waals surface area contributed by atoms with E-state index in [0.29, 0.717) is 0 Å². The molecule has 26 heavy (non-hydrogen) atoms. The summed E-state index contributed by atoms with van der Waals surface area (Å²) < 4.78 is 4.38. The lowest BCUT2D eigenvalue weighted by Crippen LogP contribution is -2.01. The molecule has 5 nitrogen and oxygen atoms in total. The third kappa shape index (κ3) is 2.90. The first-order chi connectivity index (χ1) is 12.8. The van der Waals surface area contributed by atoms with E-state index < -0.39 is 0 Å². The number of rotatable bonds is 6. The Bertz CT molecular complexity index is 1070. The molecule has 0 saturated carbocycles. The molecule has 0 radical (unpaired) electrons. The summed E-state index contributed by atoms with van der Waals surface area (Å²) in [5.41, 5.74) is 4.25. The molecular formula is C21H23N5. The van der Waals surface area contributed by atoms with E-state index in [0.717, 1.165) is 59.8 Å². The summed E-state index contributed by atoms with van der Waals surface area (Å²) in [6.45, 7) is 6.11. The van der Waals surface area contributed by atoms with Gasteiger partial charge in [-0.1, -0.05) is 37.6 Å². The standard InChI is InChI=1S/C21H23N5/c1-3-5-14-26-19-13-9-7-11-17(19)24-21(26)22-15-20-23-16-10-6-8-12-18(16)25(20)4-2/h6-13,15H,3-5,14H2,1-2H3/b22-15+. The fourth-order valence-electron chi connectivity index (χ4n) is 3.34. The maximum atomic E-state index is 4.72. The van der Waals surface area contributed by atoms with E-state index in [1.54, 1.807) is 0 Å². The van der Waals surface area contributed by atoms with Crippen LogP contribution in [0.15, 0.2) is 53.5 Å². The normalized spacial score (nSPS) is 11.9. The van der Waals surface area contributed by atoms with E-state index in [9.17, 15) is 0 Å². The van der Waals surface area contributed by atoms with Crippen LogP contribution < -0.4 is 0 Å². The first kappa shape index (κ1) is 16.5. The molecule has 4 rings (SSSR count). The van der Waals surface area contributed by atoms with Gasteiger partial charge in [-0.2, -0.15) is 0 Å². The molecule has 132 valence electrons. The van der Waals surface area contributed by atoms with Gasteiger partial charge < -0.3 is 9.13 Å². The summed E-state index contributed by atoms with van der Waals surface area (Å²) in [6.07, 6.45) is 4.09. The van der Waals surface area contributed by atoms with Gasteiger partial charge in [-0.05, 0) is 37.6 Å². The third-order valence-electron chi connectivity index (χ3n) is 4.67. The second kappa shape index (κ2) is 7.12. The molecule has 0 atom stereocenters. The number of aromatic nitrogens is 4. The molecule has 0 unspecified atom stereocenters. The van der Waals surface area contributed by atoms with Crippen LogP contribution in [0, 0.1) is 0 Å². The molecule has 0 aliphatic carbocycles. The smallest absolute Gasteiger partial charge is 0.230 e. The van der Waals surface area contributed by atoms with Crippen LogP contribution in [-0.2, 0) is 13.1 Å². The van der Waals surface area contributed by atoms with E-state index >= 15 is 0 Å². The Morgan fingerprint density at radius 2 is 1.54 bits per heavy atom. The van der Waals surface area contributed by atoms with Crippen molar-refractivity contribution in [1.82, 2.24) is 19.1 Å². The second-order valence-electron chi connectivity index (χ2n) is 6.37. The van der Waals surface area contributed by atoms with E-state index in [1.165, 1.54) is 0 Å². The summed E-state index contributed by atoms with van der Waals surface area (Å²) in [5, 5.41) is 0. The summed E-state index contributed by atoms with van der Waals surface area (Å²) in [6, 6.07) is 16.4. The van der Waals surface area contributed by atoms with E-state index in [1.807, 2.05) is 36.5 Å². The van der Waals surface area contributed by atoms with Crippen LogP contribution in [0.25, 0.3) is 22.1 Å². The van der Waals surface area contributed by atoms with Crippen molar-refractivity contribution in [2.45, 2.75) is 39.8 Å². The Kier molecular flexibility index (Phi) is 4.52. The van der Waals surface area contributed by atoms with Gasteiger partial charge in [0.05, 0.1) is 28.3 Å². The quantitative estimate of drug-likeness (QED) is 0.464. The highest BCUT2D eigenvalue weighted by Crippen LogP contribution is 2.23. The maximum absolute atomic E-state index is 4.72. The maximum Gasteiger partial charge on any atom is 0.230 e. The number of fused-ring (bicyclic) bond motifs is 2. The van der Waals surface area contributed by atoms with Crippen LogP contribution in [0.1, 0.15) is 32.5 Å². The molecule has 0 amide bonds. The van der Waals surface area contributed by atoms with E-state index in [-0.39, 0.29) is 0 Å². The number of benzene rings is 2. The van der Waals surface area contributed by atoms with Crippen LogP contribution >= 0.6 is 0 Å². The van der Waals surface area contributed by atoms with Crippen molar-refractivity contribution in [1.29, 1.82) is 0 Å².